The van der Waals surface area contributed by atoms with E-state index in [-0.39, 0.29) is 6.10 Å². The van der Waals surface area contributed by atoms with Crippen LogP contribution in [0.25, 0.3) is 0 Å². The van der Waals surface area contributed by atoms with E-state index in [9.17, 15) is 4.79 Å². The summed E-state index contributed by atoms with van der Waals surface area (Å²) in [5.41, 5.74) is 3.26. The number of aliphatic carboxylic acids is 1. The van der Waals surface area contributed by atoms with E-state index in [0.717, 1.165) is 16.7 Å². The van der Waals surface area contributed by atoms with E-state index in [0.29, 0.717) is 13.0 Å². The van der Waals surface area contributed by atoms with Crippen LogP contribution < -0.4 is 0 Å². The van der Waals surface area contributed by atoms with Gasteiger partial charge >= 0.3 is 5.97 Å². The lowest BCUT2D eigenvalue weighted by atomic mass is 9.91. The van der Waals surface area contributed by atoms with Gasteiger partial charge in [-0.1, -0.05) is 23.8 Å². The van der Waals surface area contributed by atoms with Gasteiger partial charge in [-0.2, -0.15) is 0 Å². The maximum Gasteiger partial charge on any atom is 0.309 e. The number of rotatable bonds is 2. The van der Waals surface area contributed by atoms with Crippen molar-refractivity contribution < 1.29 is 14.6 Å². The minimum atomic E-state index is -0.761. The summed E-state index contributed by atoms with van der Waals surface area (Å²) in [5.74, 6) is -1.16. The highest BCUT2D eigenvalue weighted by Gasteiger charge is 2.35. The first-order valence-electron chi connectivity index (χ1n) is 5.51. The average Bonchev–Trinajstić information content (AvgIpc) is 2.70. The maximum atomic E-state index is 11.1. The molecular formula is C13H16O3. The number of ether oxygens (including phenoxy) is 1. The Morgan fingerprint density at radius 3 is 2.88 bits per heavy atom. The summed E-state index contributed by atoms with van der Waals surface area (Å²) in [6.45, 7) is 4.54. The SMILES string of the molecule is Cc1ccc(C)c(C2OCCC2C(=O)O)c1. The van der Waals surface area contributed by atoms with Crippen LogP contribution in [-0.4, -0.2) is 17.7 Å². The fraction of sp³-hybridized carbons (Fsp3) is 0.462. The molecule has 2 atom stereocenters. The molecule has 0 radical (unpaired) electrons. The third kappa shape index (κ3) is 1.95. The van der Waals surface area contributed by atoms with Crippen molar-refractivity contribution in [3.63, 3.8) is 0 Å². The van der Waals surface area contributed by atoms with Gasteiger partial charge < -0.3 is 9.84 Å². The van der Waals surface area contributed by atoms with Gasteiger partial charge in [-0.25, -0.2) is 0 Å². The quantitative estimate of drug-likeness (QED) is 0.832. The first kappa shape index (κ1) is 11.1. The summed E-state index contributed by atoms with van der Waals surface area (Å²) in [7, 11) is 0. The molecule has 0 amide bonds. The standard InChI is InChI=1S/C13H16O3/c1-8-3-4-9(2)11(7-8)12-10(13(14)15)5-6-16-12/h3-4,7,10,12H,5-6H2,1-2H3,(H,14,15). The molecule has 0 spiro atoms. The van der Waals surface area contributed by atoms with Crippen LogP contribution in [0.4, 0.5) is 0 Å². The summed E-state index contributed by atoms with van der Waals surface area (Å²) >= 11 is 0. The Kier molecular flexibility index (Phi) is 2.97. The fourth-order valence-electron chi connectivity index (χ4n) is 2.22. The van der Waals surface area contributed by atoms with Gasteiger partial charge in [0.05, 0.1) is 12.0 Å². The second-order valence-corrected chi connectivity index (χ2v) is 4.38. The van der Waals surface area contributed by atoms with Gasteiger partial charge in [-0.05, 0) is 31.4 Å². The summed E-state index contributed by atoms with van der Waals surface area (Å²) in [6.07, 6.45) is 0.324. The van der Waals surface area contributed by atoms with Crippen molar-refractivity contribution >= 4 is 5.97 Å². The van der Waals surface area contributed by atoms with E-state index >= 15 is 0 Å². The zero-order chi connectivity index (χ0) is 11.7. The normalized spacial score (nSPS) is 24.6. The molecule has 1 aromatic carbocycles. The van der Waals surface area contributed by atoms with Crippen molar-refractivity contribution in [2.24, 2.45) is 5.92 Å². The molecule has 1 aliphatic heterocycles. The Morgan fingerprint density at radius 2 is 2.19 bits per heavy atom. The molecule has 0 saturated carbocycles. The molecule has 0 aliphatic carbocycles. The van der Waals surface area contributed by atoms with Crippen molar-refractivity contribution in [3.8, 4) is 0 Å². The molecule has 2 unspecified atom stereocenters. The maximum absolute atomic E-state index is 11.1. The van der Waals surface area contributed by atoms with Gasteiger partial charge in [0.2, 0.25) is 0 Å². The van der Waals surface area contributed by atoms with Crippen molar-refractivity contribution in [2.75, 3.05) is 6.61 Å². The lowest BCUT2D eigenvalue weighted by molar-refractivity contribution is -0.143. The van der Waals surface area contributed by atoms with Gasteiger partial charge in [0.1, 0.15) is 0 Å². The Bertz CT molecular complexity index is 412. The number of hydrogen-bond donors (Lipinski definition) is 1. The van der Waals surface area contributed by atoms with Gasteiger partial charge in [0.25, 0.3) is 0 Å². The average molecular weight is 220 g/mol. The Hall–Kier alpha value is -1.35. The number of carbonyl (C=O) groups is 1. The molecule has 1 aromatic rings. The highest BCUT2D eigenvalue weighted by molar-refractivity contribution is 5.71. The topological polar surface area (TPSA) is 46.5 Å². The van der Waals surface area contributed by atoms with Gasteiger partial charge in [-0.3, -0.25) is 4.79 Å². The van der Waals surface area contributed by atoms with E-state index in [2.05, 4.69) is 0 Å². The lowest BCUT2D eigenvalue weighted by Gasteiger charge is -2.18. The molecule has 0 bridgehead atoms. The molecule has 3 heteroatoms. The molecule has 0 aromatic heterocycles. The molecular weight excluding hydrogens is 204 g/mol. The number of benzene rings is 1. The van der Waals surface area contributed by atoms with E-state index in [1.54, 1.807) is 0 Å². The number of carboxylic acids is 1. The summed E-state index contributed by atoms with van der Waals surface area (Å²) in [6, 6.07) is 6.08. The monoisotopic (exact) mass is 220 g/mol. The number of hydrogen-bond acceptors (Lipinski definition) is 2. The summed E-state index contributed by atoms with van der Waals surface area (Å²) < 4.78 is 5.57. The predicted molar refractivity (Wildman–Crippen MR) is 60.4 cm³/mol. The number of carboxylic acid groups (broad SMARTS) is 1. The third-order valence-corrected chi connectivity index (χ3v) is 3.15. The fourth-order valence-corrected chi connectivity index (χ4v) is 2.22. The predicted octanol–water partition coefficient (Wildman–Crippen LogP) is 2.47. The van der Waals surface area contributed by atoms with Crippen LogP contribution in [0.1, 0.15) is 29.2 Å². The molecule has 2 rings (SSSR count). The highest BCUT2D eigenvalue weighted by Crippen LogP contribution is 2.36. The molecule has 1 fully saturated rings. The minimum Gasteiger partial charge on any atom is -0.481 e. The van der Waals surface area contributed by atoms with Crippen LogP contribution in [0.3, 0.4) is 0 Å². The summed E-state index contributed by atoms with van der Waals surface area (Å²) in [4.78, 5) is 11.1. The van der Waals surface area contributed by atoms with E-state index in [1.165, 1.54) is 0 Å². The zero-order valence-corrected chi connectivity index (χ0v) is 9.56. The Morgan fingerprint density at radius 1 is 1.44 bits per heavy atom. The molecule has 16 heavy (non-hydrogen) atoms. The number of aryl methyl sites for hydroxylation is 2. The van der Waals surface area contributed by atoms with Crippen molar-refractivity contribution in [1.82, 2.24) is 0 Å². The minimum absolute atomic E-state index is 0.280. The second-order valence-electron chi connectivity index (χ2n) is 4.38. The largest absolute Gasteiger partial charge is 0.481 e. The van der Waals surface area contributed by atoms with Gasteiger partial charge in [0.15, 0.2) is 0 Å². The van der Waals surface area contributed by atoms with Crippen LogP contribution in [-0.2, 0) is 9.53 Å². The molecule has 1 aliphatic rings. The Labute approximate surface area is 95.0 Å². The van der Waals surface area contributed by atoms with E-state index in [1.807, 2.05) is 32.0 Å². The highest BCUT2D eigenvalue weighted by atomic mass is 16.5. The first-order chi connectivity index (χ1) is 7.59. The van der Waals surface area contributed by atoms with Gasteiger partial charge in [0, 0.05) is 6.61 Å². The van der Waals surface area contributed by atoms with Crippen LogP contribution >= 0.6 is 0 Å². The van der Waals surface area contributed by atoms with Crippen molar-refractivity contribution in [1.29, 1.82) is 0 Å². The van der Waals surface area contributed by atoms with Crippen molar-refractivity contribution in [3.05, 3.63) is 34.9 Å². The summed E-state index contributed by atoms with van der Waals surface area (Å²) in [5, 5.41) is 9.13. The van der Waals surface area contributed by atoms with Crippen LogP contribution in [0, 0.1) is 19.8 Å². The first-order valence-corrected chi connectivity index (χ1v) is 5.51. The second kappa shape index (κ2) is 4.26. The molecule has 3 nitrogen and oxygen atoms in total. The van der Waals surface area contributed by atoms with Crippen molar-refractivity contribution in [2.45, 2.75) is 26.4 Å². The van der Waals surface area contributed by atoms with E-state index < -0.39 is 11.9 Å². The third-order valence-electron chi connectivity index (χ3n) is 3.15. The molecule has 1 N–H and O–H groups in total. The lowest BCUT2D eigenvalue weighted by Crippen LogP contribution is -2.18. The molecule has 86 valence electrons. The smallest absolute Gasteiger partial charge is 0.309 e. The van der Waals surface area contributed by atoms with Crippen LogP contribution in [0.5, 0.6) is 0 Å². The molecule has 1 heterocycles. The van der Waals surface area contributed by atoms with Crippen LogP contribution in [0.2, 0.25) is 0 Å². The zero-order valence-electron chi connectivity index (χ0n) is 9.56. The van der Waals surface area contributed by atoms with Gasteiger partial charge in [-0.15, -0.1) is 0 Å². The Balaban J connectivity index is 2.35. The van der Waals surface area contributed by atoms with E-state index in [4.69, 9.17) is 9.84 Å². The van der Waals surface area contributed by atoms with Crippen LogP contribution in [0.15, 0.2) is 18.2 Å². The molecule has 1 saturated heterocycles.